The molecule has 0 saturated carbocycles. The largest absolute Gasteiger partial charge is 0.478 e. The zero-order chi connectivity index (χ0) is 13.5. The molecule has 1 unspecified atom stereocenters. The number of carbonyl (C=O) groups is 2. The maximum atomic E-state index is 11.9. The normalized spacial score (nSPS) is 11.9. The summed E-state index contributed by atoms with van der Waals surface area (Å²) in [7, 11) is 0. The first kappa shape index (κ1) is 14.5. The van der Waals surface area contributed by atoms with Crippen molar-refractivity contribution in [1.29, 1.82) is 0 Å². The second kappa shape index (κ2) is 7.00. The third-order valence-corrected chi connectivity index (χ3v) is 3.03. The van der Waals surface area contributed by atoms with E-state index in [0.717, 1.165) is 12.2 Å². The van der Waals surface area contributed by atoms with Crippen molar-refractivity contribution in [3.63, 3.8) is 0 Å². The van der Waals surface area contributed by atoms with Gasteiger partial charge in [-0.2, -0.15) is 11.8 Å². The molecular formula is C12H16N2O3S. The molecule has 1 heterocycles. The number of hydrogen-bond donors (Lipinski definition) is 2. The van der Waals surface area contributed by atoms with Crippen LogP contribution in [-0.4, -0.2) is 40.0 Å². The molecule has 1 aromatic heterocycles. The fraction of sp³-hybridized carbons (Fsp3) is 0.417. The third kappa shape index (κ3) is 4.03. The second-order valence-electron chi connectivity index (χ2n) is 3.86. The van der Waals surface area contributed by atoms with Gasteiger partial charge in [-0.3, -0.25) is 9.78 Å². The quantitative estimate of drug-likeness (QED) is 0.820. The molecule has 0 aliphatic rings. The Kier molecular flexibility index (Phi) is 5.64. The van der Waals surface area contributed by atoms with Crippen molar-refractivity contribution < 1.29 is 14.7 Å². The lowest BCUT2D eigenvalue weighted by Gasteiger charge is -2.13. The molecule has 98 valence electrons. The van der Waals surface area contributed by atoms with Crippen LogP contribution in [0, 0.1) is 0 Å². The molecule has 0 bridgehead atoms. The predicted octanol–water partition coefficient (Wildman–Crippen LogP) is 1.65. The zero-order valence-corrected chi connectivity index (χ0v) is 11.2. The topological polar surface area (TPSA) is 79.3 Å². The number of hydrogen-bond acceptors (Lipinski definition) is 4. The summed E-state index contributed by atoms with van der Waals surface area (Å²) in [4.78, 5) is 26.7. The number of carboxylic acids is 1. The van der Waals surface area contributed by atoms with Crippen LogP contribution < -0.4 is 5.32 Å². The molecule has 0 saturated heterocycles. The highest BCUT2D eigenvalue weighted by Crippen LogP contribution is 2.07. The molecular weight excluding hydrogens is 252 g/mol. The molecule has 1 amide bonds. The van der Waals surface area contributed by atoms with Gasteiger partial charge in [0.05, 0.1) is 5.56 Å². The number of nitrogens with one attached hydrogen (secondary N) is 1. The molecule has 0 radical (unpaired) electrons. The lowest BCUT2D eigenvalue weighted by Crippen LogP contribution is -2.34. The van der Waals surface area contributed by atoms with E-state index in [1.807, 2.05) is 13.2 Å². The predicted molar refractivity (Wildman–Crippen MR) is 71.1 cm³/mol. The maximum Gasteiger partial charge on any atom is 0.338 e. The highest BCUT2D eigenvalue weighted by molar-refractivity contribution is 7.98. The van der Waals surface area contributed by atoms with Gasteiger partial charge in [0.15, 0.2) is 0 Å². The summed E-state index contributed by atoms with van der Waals surface area (Å²) in [6.45, 7) is 1.89. The summed E-state index contributed by atoms with van der Waals surface area (Å²) in [5, 5.41) is 11.7. The van der Waals surface area contributed by atoms with Crippen LogP contribution in [0.15, 0.2) is 18.3 Å². The van der Waals surface area contributed by atoms with Gasteiger partial charge in [0.1, 0.15) is 5.69 Å². The first-order chi connectivity index (χ1) is 8.56. The van der Waals surface area contributed by atoms with E-state index in [0.29, 0.717) is 0 Å². The van der Waals surface area contributed by atoms with Crippen LogP contribution >= 0.6 is 11.8 Å². The fourth-order valence-corrected chi connectivity index (χ4v) is 2.01. The van der Waals surface area contributed by atoms with Gasteiger partial charge >= 0.3 is 5.97 Å². The first-order valence-corrected chi connectivity index (χ1v) is 6.93. The van der Waals surface area contributed by atoms with E-state index in [9.17, 15) is 9.59 Å². The molecule has 0 fully saturated rings. The molecule has 6 heteroatoms. The number of aromatic nitrogens is 1. The summed E-state index contributed by atoms with van der Waals surface area (Å²) in [6, 6.07) is 2.86. The van der Waals surface area contributed by atoms with Crippen molar-refractivity contribution in [3.8, 4) is 0 Å². The minimum absolute atomic E-state index is 0.00592. The van der Waals surface area contributed by atoms with E-state index in [-0.39, 0.29) is 17.3 Å². The lowest BCUT2D eigenvalue weighted by atomic mass is 10.1. The van der Waals surface area contributed by atoms with Crippen LogP contribution in [0.1, 0.15) is 34.2 Å². The molecule has 0 spiro atoms. The molecule has 0 aliphatic carbocycles. The minimum Gasteiger partial charge on any atom is -0.478 e. The van der Waals surface area contributed by atoms with E-state index < -0.39 is 11.9 Å². The van der Waals surface area contributed by atoms with Gasteiger partial charge in [-0.25, -0.2) is 4.79 Å². The Morgan fingerprint density at radius 3 is 2.89 bits per heavy atom. The van der Waals surface area contributed by atoms with Crippen molar-refractivity contribution >= 4 is 23.6 Å². The van der Waals surface area contributed by atoms with Crippen LogP contribution in [0.3, 0.4) is 0 Å². The highest BCUT2D eigenvalue weighted by atomic mass is 32.2. The van der Waals surface area contributed by atoms with Gasteiger partial charge in [0.2, 0.25) is 0 Å². The Morgan fingerprint density at radius 1 is 1.56 bits per heavy atom. The average Bonchev–Trinajstić information content (AvgIpc) is 2.36. The Morgan fingerprint density at radius 2 is 2.28 bits per heavy atom. The lowest BCUT2D eigenvalue weighted by molar-refractivity contribution is 0.0689. The summed E-state index contributed by atoms with van der Waals surface area (Å²) in [5.41, 5.74) is -0.118. The number of carboxylic acid groups (broad SMARTS) is 1. The number of nitrogens with zero attached hydrogens (tertiary/aromatic N) is 1. The number of carbonyl (C=O) groups excluding carboxylic acids is 1. The van der Waals surface area contributed by atoms with E-state index >= 15 is 0 Å². The molecule has 1 rings (SSSR count). The first-order valence-electron chi connectivity index (χ1n) is 5.54. The number of aromatic carboxylic acids is 1. The highest BCUT2D eigenvalue weighted by Gasteiger charge is 2.18. The second-order valence-corrected chi connectivity index (χ2v) is 4.85. The van der Waals surface area contributed by atoms with Crippen molar-refractivity contribution in [3.05, 3.63) is 29.6 Å². The Bertz CT molecular complexity index is 437. The van der Waals surface area contributed by atoms with Gasteiger partial charge in [0, 0.05) is 12.2 Å². The number of pyridine rings is 1. The molecule has 18 heavy (non-hydrogen) atoms. The Balaban J connectivity index is 2.75. The molecule has 1 aromatic rings. The van der Waals surface area contributed by atoms with Gasteiger partial charge in [0.25, 0.3) is 5.91 Å². The number of amides is 1. The molecule has 0 aliphatic heterocycles. The summed E-state index contributed by atoms with van der Waals surface area (Å²) in [6.07, 6.45) is 4.24. The van der Waals surface area contributed by atoms with Gasteiger partial charge < -0.3 is 10.4 Å². The van der Waals surface area contributed by atoms with E-state index in [1.54, 1.807) is 11.8 Å². The standard InChI is InChI=1S/C12H16N2O3S/c1-8(5-7-18-2)14-11(15)10-9(12(16)17)4-3-6-13-10/h3-4,6,8H,5,7H2,1-2H3,(H,14,15)(H,16,17). The van der Waals surface area contributed by atoms with Gasteiger partial charge in [-0.1, -0.05) is 0 Å². The summed E-state index contributed by atoms with van der Waals surface area (Å²) < 4.78 is 0. The smallest absolute Gasteiger partial charge is 0.338 e. The van der Waals surface area contributed by atoms with Crippen molar-refractivity contribution in [2.45, 2.75) is 19.4 Å². The Labute approximate surface area is 110 Å². The molecule has 1 atom stereocenters. The third-order valence-electron chi connectivity index (χ3n) is 2.39. The molecule has 5 nitrogen and oxygen atoms in total. The van der Waals surface area contributed by atoms with Crippen molar-refractivity contribution in [2.75, 3.05) is 12.0 Å². The monoisotopic (exact) mass is 268 g/mol. The van der Waals surface area contributed by atoms with Crippen molar-refractivity contribution in [1.82, 2.24) is 10.3 Å². The molecule has 2 N–H and O–H groups in total. The van der Waals surface area contributed by atoms with E-state index in [4.69, 9.17) is 5.11 Å². The van der Waals surface area contributed by atoms with Crippen LogP contribution in [0.2, 0.25) is 0 Å². The van der Waals surface area contributed by atoms with E-state index in [1.165, 1.54) is 18.3 Å². The van der Waals surface area contributed by atoms with Crippen LogP contribution in [-0.2, 0) is 0 Å². The van der Waals surface area contributed by atoms with Gasteiger partial charge in [-0.15, -0.1) is 0 Å². The molecule has 0 aromatic carbocycles. The SMILES string of the molecule is CSCCC(C)NC(=O)c1ncccc1C(=O)O. The Hall–Kier alpha value is -1.56. The summed E-state index contributed by atoms with van der Waals surface area (Å²) in [5.74, 6) is -0.651. The van der Waals surface area contributed by atoms with Crippen LogP contribution in [0.4, 0.5) is 0 Å². The van der Waals surface area contributed by atoms with Crippen LogP contribution in [0.25, 0.3) is 0 Å². The van der Waals surface area contributed by atoms with Gasteiger partial charge in [-0.05, 0) is 37.5 Å². The zero-order valence-electron chi connectivity index (χ0n) is 10.3. The average molecular weight is 268 g/mol. The number of rotatable bonds is 6. The number of thioether (sulfide) groups is 1. The summed E-state index contributed by atoms with van der Waals surface area (Å²) >= 11 is 1.70. The van der Waals surface area contributed by atoms with Crippen molar-refractivity contribution in [2.24, 2.45) is 0 Å². The van der Waals surface area contributed by atoms with E-state index in [2.05, 4.69) is 10.3 Å². The minimum atomic E-state index is -1.15. The fourth-order valence-electron chi connectivity index (χ4n) is 1.42. The maximum absolute atomic E-state index is 11.9. The van der Waals surface area contributed by atoms with Crippen LogP contribution in [0.5, 0.6) is 0 Å².